The Labute approximate surface area is 920 Å². The lowest BCUT2D eigenvalue weighted by Gasteiger charge is -2.41. The molecule has 7 saturated heterocycles. The van der Waals surface area contributed by atoms with Gasteiger partial charge in [0.1, 0.15) is 68.2 Å². The van der Waals surface area contributed by atoms with Crippen LogP contribution in [-0.4, -0.2) is 346 Å². The van der Waals surface area contributed by atoms with Crippen molar-refractivity contribution in [1.29, 1.82) is 0 Å². The number of rotatable bonds is 25. The van der Waals surface area contributed by atoms with Crippen LogP contribution >= 0.6 is 116 Å². The highest BCUT2D eigenvalue weighted by Crippen LogP contribution is 2.43. The number of alkyl halides is 4. The molecule has 0 spiro atoms. The number of benzene rings is 6. The summed E-state index contributed by atoms with van der Waals surface area (Å²) in [5, 5.41) is 17.5. The van der Waals surface area contributed by atoms with Crippen LogP contribution in [0.15, 0.2) is 133 Å². The van der Waals surface area contributed by atoms with Crippen molar-refractivity contribution < 1.29 is 51.3 Å². The second-order valence-corrected chi connectivity index (χ2v) is 39.4. The van der Waals surface area contributed by atoms with Crippen LogP contribution in [0.1, 0.15) is 72.3 Å². The number of aliphatic hydroxyl groups excluding tert-OH is 1. The number of ether oxygens (including phenoxy) is 3. The van der Waals surface area contributed by atoms with Gasteiger partial charge in [-0.2, -0.15) is 124 Å². The first kappa shape index (κ1) is 118. The van der Waals surface area contributed by atoms with E-state index in [1.54, 1.807) is 26.9 Å². The van der Waals surface area contributed by atoms with Crippen molar-refractivity contribution in [3.8, 4) is 29.9 Å². The molecule has 9 aromatic rings. The molecule has 6 aromatic carbocycles. The molecule has 0 unspecified atom stereocenters. The summed E-state index contributed by atoms with van der Waals surface area (Å²) in [7, 11) is 7.70. The lowest BCUT2D eigenvalue weighted by Crippen LogP contribution is -2.56. The molecule has 1 N–H and O–H groups in total. The first-order chi connectivity index (χ1) is 68.8. The van der Waals surface area contributed by atoms with Gasteiger partial charge in [0.25, 0.3) is 5.91 Å². The predicted molar refractivity (Wildman–Crippen MR) is 609 cm³/mol. The van der Waals surface area contributed by atoms with E-state index in [4.69, 9.17) is 104 Å². The highest BCUT2D eigenvalue weighted by molar-refractivity contribution is 7.60. The summed E-state index contributed by atoms with van der Waals surface area (Å²) in [6.45, 7) is 35.9. The molecule has 7 fully saturated rings. The predicted octanol–water partition coefficient (Wildman–Crippen LogP) is 13.7. The first-order valence-electron chi connectivity index (χ1n) is 49.0. The van der Waals surface area contributed by atoms with Gasteiger partial charge in [-0.05, 0) is 164 Å². The lowest BCUT2D eigenvalue weighted by atomic mass is 10.0. The average Bonchev–Trinajstić information content (AvgIpc) is 0.943. The van der Waals surface area contributed by atoms with Crippen molar-refractivity contribution >= 4 is 200 Å². The van der Waals surface area contributed by atoms with Crippen LogP contribution in [0.4, 0.5) is 52.1 Å². The number of carbonyl (C=O) groups excluding carboxylic acids is 3. The smallest absolute Gasteiger partial charge is 0.401 e. The number of aliphatic hydroxyl groups is 1. The summed E-state index contributed by atoms with van der Waals surface area (Å²) in [6, 6.07) is 37.5. The van der Waals surface area contributed by atoms with Gasteiger partial charge < -0.3 is 92.7 Å². The zero-order valence-corrected chi connectivity index (χ0v) is 91.9. The van der Waals surface area contributed by atoms with Gasteiger partial charge in [-0.25, -0.2) is 24.1 Å². The van der Waals surface area contributed by atoms with Gasteiger partial charge in [-0.15, -0.1) is 0 Å². The molecule has 13 heterocycles. The molecule has 43 heteroatoms. The third kappa shape index (κ3) is 28.4. The lowest BCUT2D eigenvalue weighted by molar-refractivity contribution is -0.142. The van der Waals surface area contributed by atoms with E-state index in [9.17, 15) is 31.9 Å². The Kier molecular flexibility index (Phi) is 43.7. The Balaban J connectivity index is 0.000000207. The van der Waals surface area contributed by atoms with Crippen LogP contribution in [-0.2, 0) is 53.3 Å². The SMILES string of the molecule is S.S.S.S.S.S.[C-]#[N+]C[C@H]1CN(c2nc(OC[C@@H]3CCCN3C)nc3c2CCN(c2cccc4cccc(Cl)c24)C3)CCN1C(=O)/C=C/CN(C)CC(F)(F)F.[C-]#[N+]C[C@H]1CN(c2nc(OC[C@@H]3CCCN3C)nc3c2CCN(c2cccc4cccc(Cl)c24)C3)CCN1C(=O)/C=C/CN1CC(F)C1.[C-]#[N+]C[C@H]1CN(c2nc(OC[C@@H]3CCCN3C)nc3c2CCN(c2cccc4cccc(Cl)c24)C3)CCN1C(=O)C#CCO. The molecule has 0 radical (unpaired) electrons. The molecule has 0 bridgehead atoms. The van der Waals surface area contributed by atoms with E-state index in [1.165, 1.54) is 19.2 Å². The number of fused-ring (bicyclic) bond motifs is 6. The molecule has 10 aliphatic rings. The first-order valence-corrected chi connectivity index (χ1v) is 50.1. The summed E-state index contributed by atoms with van der Waals surface area (Å²) in [4.78, 5) is 109. The fourth-order valence-electron chi connectivity index (χ4n) is 21.3. The van der Waals surface area contributed by atoms with Crippen molar-refractivity contribution in [2.24, 2.45) is 0 Å². The minimum atomic E-state index is -4.32. The van der Waals surface area contributed by atoms with E-state index in [1.807, 2.05) is 47.4 Å². The molecule has 3 amide bonds. The molecule has 10 aliphatic heterocycles. The topological polar surface area (TPSA) is 235 Å². The number of hydrogen-bond donors (Lipinski definition) is 1. The van der Waals surface area contributed by atoms with E-state index < -0.39 is 24.9 Å². The maximum Gasteiger partial charge on any atom is 0.401 e. The fraction of sp³-hybridized carbons (Fsp3) is 0.486. The number of piperazine rings is 3. The van der Waals surface area contributed by atoms with Crippen LogP contribution in [0.25, 0.3) is 46.9 Å². The summed E-state index contributed by atoms with van der Waals surface area (Å²) in [5.41, 5.74) is 9.07. The summed E-state index contributed by atoms with van der Waals surface area (Å²) in [6.07, 6.45) is 9.82. The molecular weight excluding hydrogens is 2070 g/mol. The van der Waals surface area contributed by atoms with Crippen molar-refractivity contribution in [2.45, 2.75) is 126 Å². The highest BCUT2D eigenvalue weighted by atomic mass is 35.5. The molecule has 3 aromatic heterocycles. The number of likely N-dealkylation sites (tertiary alicyclic amines) is 4. The van der Waals surface area contributed by atoms with E-state index in [-0.39, 0.29) is 150 Å². The quantitative estimate of drug-likeness (QED) is 0.0242. The van der Waals surface area contributed by atoms with Crippen molar-refractivity contribution in [1.82, 2.24) is 69.1 Å². The average molecular weight is 2200 g/mol. The van der Waals surface area contributed by atoms with Crippen molar-refractivity contribution in [3.63, 3.8) is 0 Å². The van der Waals surface area contributed by atoms with Crippen molar-refractivity contribution in [2.75, 3.05) is 235 Å². The van der Waals surface area contributed by atoms with Crippen molar-refractivity contribution in [3.05, 3.63) is 217 Å². The minimum Gasteiger partial charge on any atom is -0.462 e. The minimum absolute atomic E-state index is 0. The second kappa shape index (κ2) is 54.8. The fourth-order valence-corrected chi connectivity index (χ4v) is 22.1. The van der Waals surface area contributed by atoms with E-state index in [2.05, 4.69) is 158 Å². The van der Waals surface area contributed by atoms with E-state index in [0.29, 0.717) is 160 Å². The largest absolute Gasteiger partial charge is 0.462 e. The van der Waals surface area contributed by atoms with Crippen LogP contribution in [0.3, 0.4) is 0 Å². The molecule has 794 valence electrons. The highest BCUT2D eigenvalue weighted by Gasteiger charge is 2.42. The zero-order chi connectivity index (χ0) is 99.2. The number of hydrogen-bond acceptors (Lipinski definition) is 24. The molecule has 6 atom stereocenters. The Hall–Kier alpha value is -10.1. The maximum atomic E-state index is 13.3. The zero-order valence-electron chi connectivity index (χ0n) is 83.6. The second-order valence-electron chi connectivity index (χ2n) is 38.2. The number of likely N-dealkylation sites (N-methyl/N-ethyl adjacent to an activating group) is 4. The van der Waals surface area contributed by atoms with Crippen LogP contribution in [0.5, 0.6) is 18.0 Å². The van der Waals surface area contributed by atoms with Gasteiger partial charge >= 0.3 is 24.2 Å². The maximum absolute atomic E-state index is 13.3. The summed E-state index contributed by atoms with van der Waals surface area (Å²) < 4.78 is 70.2. The standard InChI is InChI=1S/C36H42ClF3N8O2.C36H42ClFN8O2.C33H36ClN7O3.6H2S/c1-41-20-27-21-47(18-19-48(27)32(49)13-7-15-44(2)24-36(38,39)40)34-28-14-17-46(31-12-5-9-25-8-4-11-29(37)33(25)31)22-30(28)42-35(43-34)50-23-26-10-6-16-45(26)3;1-39-19-28-22-45(17-18-46(28)33(47)12-6-15-43-20-26(38)21-43)35-29-13-16-44(32-11-4-8-25-7-3-10-30(37)34(25)32)23-31(29)40-36(41-35)48-24-27-9-5-14-42(27)2;1-35-19-25-20-40(16-17-41(25)30(43)12-6-18-42)32-26-13-15-39(29-11-4-8-23-7-3-10-27(34)31(23)29)21-28(26)36-33(37-32)44-22-24-9-5-14-38(24)2;;;;;;/h4-5,7-9,11-13,26-27H,6,10,14-24H2,2-3H3;3-4,6-8,10-12,26-28H,5,9,13-24H2,2H3;3-4,7-8,10-11,24-25,42H,5,9,13-22H2,2H3;6*1H2/b13-7+;12-6+;;;;;;;/t26-,27-;27-,28-;24-,25-;;;;;;/m000....../s1. The third-order valence-electron chi connectivity index (χ3n) is 28.8. The molecule has 0 saturated carbocycles. The summed E-state index contributed by atoms with van der Waals surface area (Å²) >= 11 is 20.1. The van der Waals surface area contributed by atoms with Gasteiger partial charge in [-0.3, -0.25) is 24.2 Å². The summed E-state index contributed by atoms with van der Waals surface area (Å²) in [5.74, 6) is 6.53. The van der Waals surface area contributed by atoms with Gasteiger partial charge in [0.05, 0.1) is 58.3 Å². The number of aromatic nitrogens is 6. The number of amides is 3. The molecular formula is C105H132Cl3F4N23O7S6. The van der Waals surface area contributed by atoms with Crippen LogP contribution in [0.2, 0.25) is 15.1 Å². The Morgan fingerprint density at radius 1 is 0.459 bits per heavy atom. The number of halogens is 7. The third-order valence-corrected chi connectivity index (χ3v) is 29.8. The monoisotopic (exact) mass is 2200 g/mol. The number of nitrogens with zero attached hydrogens (tertiary/aromatic N) is 23. The molecule has 30 nitrogen and oxygen atoms in total. The number of anilines is 6. The van der Waals surface area contributed by atoms with Gasteiger partial charge in [-0.1, -0.05) is 126 Å². The molecule has 19 rings (SSSR count). The molecule has 0 aliphatic carbocycles. The van der Waals surface area contributed by atoms with Gasteiger partial charge in [0, 0.05) is 185 Å². The van der Waals surface area contributed by atoms with Crippen LogP contribution < -0.4 is 43.6 Å². The Morgan fingerprint density at radius 2 is 0.797 bits per heavy atom. The van der Waals surface area contributed by atoms with Crippen LogP contribution in [0, 0.1) is 31.6 Å². The van der Waals surface area contributed by atoms with Gasteiger partial charge in [0.15, 0.2) is 0 Å². The Morgan fingerprint density at radius 3 is 1.12 bits per heavy atom. The molecule has 148 heavy (non-hydrogen) atoms. The van der Waals surface area contributed by atoms with E-state index >= 15 is 0 Å². The van der Waals surface area contributed by atoms with Gasteiger partial charge in [0.2, 0.25) is 31.4 Å². The normalized spacial score (nSPS) is 20.0. The number of carbonyl (C=O) groups is 3. The Bertz CT molecular complexity index is 6350. The van der Waals surface area contributed by atoms with E-state index in [0.717, 1.165) is 206 Å².